The third-order valence-electron chi connectivity index (χ3n) is 2.79. The summed E-state index contributed by atoms with van der Waals surface area (Å²) in [6, 6.07) is 15.5. The number of amides is 1. The van der Waals surface area contributed by atoms with E-state index in [0.717, 1.165) is 21.2 Å². The van der Waals surface area contributed by atoms with E-state index in [2.05, 4.69) is 5.32 Å². The molecule has 3 nitrogen and oxygen atoms in total. The van der Waals surface area contributed by atoms with Crippen molar-refractivity contribution in [3.63, 3.8) is 0 Å². The summed E-state index contributed by atoms with van der Waals surface area (Å²) in [6.07, 6.45) is 2.00. The highest BCUT2D eigenvalue weighted by molar-refractivity contribution is 8.00. The van der Waals surface area contributed by atoms with Gasteiger partial charge in [-0.25, -0.2) is 0 Å². The summed E-state index contributed by atoms with van der Waals surface area (Å²) in [5.74, 6) is 1.16. The fourth-order valence-electron chi connectivity index (χ4n) is 1.77. The van der Waals surface area contributed by atoms with E-state index in [0.29, 0.717) is 5.75 Å². The van der Waals surface area contributed by atoms with Crippen LogP contribution in [0.15, 0.2) is 58.3 Å². The summed E-state index contributed by atoms with van der Waals surface area (Å²) in [6.45, 7) is 0. The summed E-state index contributed by atoms with van der Waals surface area (Å²) in [4.78, 5) is 14.1. The van der Waals surface area contributed by atoms with E-state index in [1.54, 1.807) is 18.9 Å². The number of carbonyl (C=O) groups is 1. The van der Waals surface area contributed by atoms with Crippen LogP contribution in [0.4, 0.5) is 5.69 Å². The molecule has 0 saturated heterocycles. The van der Waals surface area contributed by atoms with Gasteiger partial charge in [0.1, 0.15) is 5.75 Å². The third-order valence-corrected chi connectivity index (χ3v) is 4.58. The van der Waals surface area contributed by atoms with E-state index >= 15 is 0 Å². The largest absolute Gasteiger partial charge is 0.497 e. The molecular weight excluding hydrogens is 302 g/mol. The van der Waals surface area contributed by atoms with Gasteiger partial charge >= 0.3 is 0 Å². The van der Waals surface area contributed by atoms with Gasteiger partial charge in [-0.1, -0.05) is 18.2 Å². The zero-order valence-electron chi connectivity index (χ0n) is 12.0. The zero-order valence-corrected chi connectivity index (χ0v) is 13.6. The van der Waals surface area contributed by atoms with Crippen molar-refractivity contribution in [2.45, 2.75) is 9.79 Å². The van der Waals surface area contributed by atoms with Crippen molar-refractivity contribution < 1.29 is 9.53 Å². The van der Waals surface area contributed by atoms with Gasteiger partial charge in [-0.05, 0) is 36.6 Å². The first-order chi connectivity index (χ1) is 10.2. The number of rotatable bonds is 6. The average Bonchev–Trinajstić information content (AvgIpc) is 2.53. The lowest BCUT2D eigenvalue weighted by atomic mass is 10.3. The molecule has 0 fully saturated rings. The molecule has 2 rings (SSSR count). The second-order valence-corrected chi connectivity index (χ2v) is 6.11. The number of thioether (sulfide) groups is 2. The molecule has 0 saturated carbocycles. The van der Waals surface area contributed by atoms with Crippen molar-refractivity contribution in [3.05, 3.63) is 48.5 Å². The SMILES string of the molecule is COc1cccc(SCC(=O)Nc2ccccc2SC)c1. The Bertz CT molecular complexity index is 617. The minimum atomic E-state index is -0.00989. The van der Waals surface area contributed by atoms with Crippen LogP contribution >= 0.6 is 23.5 Å². The number of hydrogen-bond acceptors (Lipinski definition) is 4. The third kappa shape index (κ3) is 4.72. The van der Waals surface area contributed by atoms with Gasteiger partial charge in [0, 0.05) is 9.79 Å². The molecule has 110 valence electrons. The Hall–Kier alpha value is -1.59. The molecule has 0 heterocycles. The number of benzene rings is 2. The topological polar surface area (TPSA) is 38.3 Å². The molecule has 0 atom stereocenters. The molecule has 0 aliphatic carbocycles. The van der Waals surface area contributed by atoms with E-state index in [9.17, 15) is 4.79 Å². The molecule has 0 aliphatic rings. The summed E-state index contributed by atoms with van der Waals surface area (Å²) < 4.78 is 5.17. The summed E-state index contributed by atoms with van der Waals surface area (Å²) >= 11 is 3.11. The molecule has 2 aromatic rings. The molecule has 2 aromatic carbocycles. The highest BCUT2D eigenvalue weighted by atomic mass is 32.2. The summed E-state index contributed by atoms with van der Waals surface area (Å²) in [7, 11) is 1.63. The first-order valence-corrected chi connectivity index (χ1v) is 8.63. The minimum absolute atomic E-state index is 0.00989. The van der Waals surface area contributed by atoms with Crippen LogP contribution in [-0.2, 0) is 4.79 Å². The second kappa shape index (κ2) is 8.00. The van der Waals surface area contributed by atoms with Crippen molar-refractivity contribution >= 4 is 35.1 Å². The van der Waals surface area contributed by atoms with Crippen molar-refractivity contribution in [2.24, 2.45) is 0 Å². The summed E-state index contributed by atoms with van der Waals surface area (Å²) in [5.41, 5.74) is 0.862. The first kappa shape index (κ1) is 15.8. The first-order valence-electron chi connectivity index (χ1n) is 6.42. The number of hydrogen-bond donors (Lipinski definition) is 1. The molecule has 0 aliphatic heterocycles. The highest BCUT2D eigenvalue weighted by Crippen LogP contribution is 2.26. The number of nitrogens with one attached hydrogen (secondary N) is 1. The Morgan fingerprint density at radius 1 is 1.19 bits per heavy atom. The van der Waals surface area contributed by atoms with Crippen LogP contribution in [0.2, 0.25) is 0 Å². The van der Waals surface area contributed by atoms with Crippen molar-refractivity contribution in [3.8, 4) is 5.75 Å². The highest BCUT2D eigenvalue weighted by Gasteiger charge is 2.07. The maximum atomic E-state index is 12.0. The Kier molecular flexibility index (Phi) is 6.02. The quantitative estimate of drug-likeness (QED) is 0.812. The standard InChI is InChI=1S/C16H17NO2S2/c1-19-12-6-5-7-13(10-12)21-11-16(18)17-14-8-3-4-9-15(14)20-2/h3-10H,11H2,1-2H3,(H,17,18). The van der Waals surface area contributed by atoms with Gasteiger partial charge in [-0.2, -0.15) is 0 Å². The molecule has 21 heavy (non-hydrogen) atoms. The minimum Gasteiger partial charge on any atom is -0.497 e. The maximum Gasteiger partial charge on any atom is 0.234 e. The number of anilines is 1. The van der Waals surface area contributed by atoms with Crippen molar-refractivity contribution in [2.75, 3.05) is 24.4 Å². The zero-order chi connectivity index (χ0) is 15.1. The molecule has 1 N–H and O–H groups in total. The predicted molar refractivity (Wildman–Crippen MR) is 90.6 cm³/mol. The Morgan fingerprint density at radius 3 is 2.76 bits per heavy atom. The fourth-order valence-corrected chi connectivity index (χ4v) is 3.07. The van der Waals surface area contributed by atoms with Gasteiger partial charge in [0.25, 0.3) is 0 Å². The van der Waals surface area contributed by atoms with E-state index in [1.807, 2.05) is 54.8 Å². The molecule has 0 spiro atoms. The number of carbonyl (C=O) groups excluding carboxylic acids is 1. The van der Waals surface area contributed by atoms with Gasteiger partial charge in [0.05, 0.1) is 18.6 Å². The molecule has 0 aromatic heterocycles. The molecule has 1 amide bonds. The lowest BCUT2D eigenvalue weighted by molar-refractivity contribution is -0.113. The number of para-hydroxylation sites is 1. The molecule has 5 heteroatoms. The molecular formula is C16H17NO2S2. The van der Waals surface area contributed by atoms with Crippen LogP contribution < -0.4 is 10.1 Å². The molecule has 0 radical (unpaired) electrons. The van der Waals surface area contributed by atoms with E-state index < -0.39 is 0 Å². The fraction of sp³-hybridized carbons (Fsp3) is 0.188. The maximum absolute atomic E-state index is 12.0. The van der Waals surface area contributed by atoms with E-state index in [1.165, 1.54) is 11.8 Å². The van der Waals surface area contributed by atoms with Gasteiger partial charge in [-0.15, -0.1) is 23.5 Å². The molecule has 0 unspecified atom stereocenters. The van der Waals surface area contributed by atoms with E-state index in [4.69, 9.17) is 4.74 Å². The van der Waals surface area contributed by atoms with E-state index in [-0.39, 0.29) is 5.91 Å². The number of methoxy groups -OCH3 is 1. The Morgan fingerprint density at radius 2 is 2.00 bits per heavy atom. The summed E-state index contributed by atoms with van der Waals surface area (Å²) in [5, 5.41) is 2.95. The van der Waals surface area contributed by atoms with Crippen molar-refractivity contribution in [1.82, 2.24) is 0 Å². The van der Waals surface area contributed by atoms with Gasteiger partial charge in [-0.3, -0.25) is 4.79 Å². The average molecular weight is 319 g/mol. The monoisotopic (exact) mass is 319 g/mol. The van der Waals surface area contributed by atoms with Crippen LogP contribution in [0.25, 0.3) is 0 Å². The van der Waals surface area contributed by atoms with Crippen LogP contribution in [-0.4, -0.2) is 25.0 Å². The van der Waals surface area contributed by atoms with Crippen LogP contribution in [0.5, 0.6) is 5.75 Å². The Balaban J connectivity index is 1.92. The lowest BCUT2D eigenvalue weighted by Crippen LogP contribution is -2.14. The van der Waals surface area contributed by atoms with Crippen LogP contribution in [0.3, 0.4) is 0 Å². The number of ether oxygens (including phenoxy) is 1. The second-order valence-electron chi connectivity index (χ2n) is 4.22. The predicted octanol–water partition coefficient (Wildman–Crippen LogP) is 4.15. The van der Waals surface area contributed by atoms with Crippen LogP contribution in [0.1, 0.15) is 0 Å². The van der Waals surface area contributed by atoms with Gasteiger partial charge in [0.2, 0.25) is 5.91 Å². The molecule has 0 bridgehead atoms. The normalized spacial score (nSPS) is 10.2. The van der Waals surface area contributed by atoms with Gasteiger partial charge < -0.3 is 10.1 Å². The van der Waals surface area contributed by atoms with Crippen LogP contribution in [0, 0.1) is 0 Å². The van der Waals surface area contributed by atoms with Gasteiger partial charge in [0.15, 0.2) is 0 Å². The smallest absolute Gasteiger partial charge is 0.234 e. The lowest BCUT2D eigenvalue weighted by Gasteiger charge is -2.09. The van der Waals surface area contributed by atoms with Crippen molar-refractivity contribution in [1.29, 1.82) is 0 Å². The Labute approximate surface area is 133 Å².